The molecule has 0 saturated carbocycles. The summed E-state index contributed by atoms with van der Waals surface area (Å²) in [6.45, 7) is 2.38. The molecule has 0 bridgehead atoms. The standard InChI is InChI=1S/C56H39NO/c1-56(50-24-13-11-22-47(50)48-23-12-14-25-51(48)56)52-26-15-27-53-55(52)49-33-32-45(37-54(49)58-53)57(44-30-28-41(29-31-44)38-16-5-2-6-17-38)46-35-42(39-18-7-3-8-19-39)34-43(36-46)40-20-9-4-10-21-40/h2-37H,1H3. The second-order valence-electron chi connectivity index (χ2n) is 15.4. The molecule has 0 atom stereocenters. The van der Waals surface area contributed by atoms with E-state index < -0.39 is 0 Å². The Hall–Kier alpha value is -7.42. The van der Waals surface area contributed by atoms with E-state index in [4.69, 9.17) is 4.42 Å². The van der Waals surface area contributed by atoms with Crippen molar-refractivity contribution >= 4 is 39.0 Å². The van der Waals surface area contributed by atoms with E-state index in [0.29, 0.717) is 0 Å². The molecule has 1 aliphatic rings. The first-order valence-electron chi connectivity index (χ1n) is 20.0. The molecule has 2 nitrogen and oxygen atoms in total. The van der Waals surface area contributed by atoms with Crippen LogP contribution in [0.3, 0.4) is 0 Å². The van der Waals surface area contributed by atoms with Crippen LogP contribution in [0.5, 0.6) is 0 Å². The summed E-state index contributed by atoms with van der Waals surface area (Å²) in [5.41, 5.74) is 18.1. The highest BCUT2D eigenvalue weighted by Crippen LogP contribution is 2.54. The van der Waals surface area contributed by atoms with Gasteiger partial charge in [0, 0.05) is 39.3 Å². The second kappa shape index (κ2) is 13.7. The number of rotatable bonds is 7. The van der Waals surface area contributed by atoms with Gasteiger partial charge in [0.05, 0.1) is 0 Å². The number of fused-ring (bicyclic) bond motifs is 6. The lowest BCUT2D eigenvalue weighted by atomic mass is 9.73. The lowest BCUT2D eigenvalue weighted by molar-refractivity contribution is 0.666. The van der Waals surface area contributed by atoms with Crippen molar-refractivity contribution in [3.8, 4) is 44.5 Å². The lowest BCUT2D eigenvalue weighted by Gasteiger charge is -2.29. The minimum atomic E-state index is -0.347. The van der Waals surface area contributed by atoms with Crippen molar-refractivity contribution in [3.63, 3.8) is 0 Å². The van der Waals surface area contributed by atoms with Crippen molar-refractivity contribution in [2.45, 2.75) is 12.3 Å². The number of nitrogens with zero attached hydrogens (tertiary/aromatic N) is 1. The monoisotopic (exact) mass is 741 g/mol. The van der Waals surface area contributed by atoms with Gasteiger partial charge in [0.1, 0.15) is 11.2 Å². The number of anilines is 3. The maximum Gasteiger partial charge on any atom is 0.137 e. The predicted octanol–water partition coefficient (Wildman–Crippen LogP) is 15.4. The normalized spacial score (nSPS) is 12.7. The highest BCUT2D eigenvalue weighted by molar-refractivity contribution is 6.09. The SMILES string of the molecule is CC1(c2cccc3oc4cc(N(c5ccc(-c6ccccc6)cc5)c5cc(-c6ccccc6)cc(-c6ccccc6)c5)ccc4c23)c2ccccc2-c2ccccc21. The summed E-state index contributed by atoms with van der Waals surface area (Å²) in [5, 5.41) is 2.27. The first-order valence-corrected chi connectivity index (χ1v) is 20.0. The fourth-order valence-electron chi connectivity index (χ4n) is 9.33. The van der Waals surface area contributed by atoms with E-state index in [1.807, 2.05) is 0 Å². The molecule has 1 aliphatic carbocycles. The zero-order chi connectivity index (χ0) is 38.6. The molecule has 9 aromatic carbocycles. The molecule has 1 heterocycles. The molecular weight excluding hydrogens is 703 g/mol. The molecule has 1 aromatic heterocycles. The molecule has 0 N–H and O–H groups in total. The molecule has 58 heavy (non-hydrogen) atoms. The Labute approximate surface area is 338 Å². The maximum absolute atomic E-state index is 6.87. The first kappa shape index (κ1) is 33.9. The molecule has 0 unspecified atom stereocenters. The Kier molecular flexibility index (Phi) is 7.97. The van der Waals surface area contributed by atoms with E-state index in [-0.39, 0.29) is 5.41 Å². The third-order valence-corrected chi connectivity index (χ3v) is 12.1. The zero-order valence-corrected chi connectivity index (χ0v) is 32.1. The molecule has 0 aliphatic heterocycles. The summed E-state index contributed by atoms with van der Waals surface area (Å²) < 4.78 is 6.87. The minimum Gasteiger partial charge on any atom is -0.456 e. The third-order valence-electron chi connectivity index (χ3n) is 12.1. The molecule has 0 saturated heterocycles. The molecule has 0 spiro atoms. The topological polar surface area (TPSA) is 16.4 Å². The van der Waals surface area contributed by atoms with Crippen LogP contribution < -0.4 is 4.90 Å². The summed E-state index contributed by atoms with van der Waals surface area (Å²) in [6, 6.07) is 78.8. The lowest BCUT2D eigenvalue weighted by Crippen LogP contribution is -2.22. The molecule has 0 radical (unpaired) electrons. The summed E-state index contributed by atoms with van der Waals surface area (Å²) in [4.78, 5) is 2.37. The van der Waals surface area contributed by atoms with Crippen LogP contribution >= 0.6 is 0 Å². The van der Waals surface area contributed by atoms with Crippen LogP contribution in [0.1, 0.15) is 23.6 Å². The Morgan fingerprint density at radius 3 is 1.41 bits per heavy atom. The average molecular weight is 742 g/mol. The quantitative estimate of drug-likeness (QED) is 0.162. The summed E-state index contributed by atoms with van der Waals surface area (Å²) in [6.07, 6.45) is 0. The van der Waals surface area contributed by atoms with Gasteiger partial charge in [0.2, 0.25) is 0 Å². The Bertz CT molecular complexity index is 3000. The van der Waals surface area contributed by atoms with E-state index in [0.717, 1.165) is 50.1 Å². The molecule has 0 amide bonds. The highest BCUT2D eigenvalue weighted by atomic mass is 16.3. The Balaban J connectivity index is 1.11. The van der Waals surface area contributed by atoms with Gasteiger partial charge in [0.15, 0.2) is 0 Å². The zero-order valence-electron chi connectivity index (χ0n) is 32.1. The predicted molar refractivity (Wildman–Crippen MR) is 242 cm³/mol. The van der Waals surface area contributed by atoms with Crippen LogP contribution in [0.4, 0.5) is 17.1 Å². The van der Waals surface area contributed by atoms with Crippen LogP contribution in [0.25, 0.3) is 66.4 Å². The van der Waals surface area contributed by atoms with Gasteiger partial charge in [-0.05, 0) is 117 Å². The Morgan fingerprint density at radius 2 is 0.828 bits per heavy atom. The number of hydrogen-bond acceptors (Lipinski definition) is 2. The van der Waals surface area contributed by atoms with Crippen molar-refractivity contribution in [3.05, 3.63) is 235 Å². The highest BCUT2D eigenvalue weighted by Gasteiger charge is 2.42. The van der Waals surface area contributed by atoms with Crippen LogP contribution in [0, 0.1) is 0 Å². The Morgan fingerprint density at radius 1 is 0.345 bits per heavy atom. The van der Waals surface area contributed by atoms with Gasteiger partial charge in [-0.25, -0.2) is 0 Å². The molecule has 11 rings (SSSR count). The fourth-order valence-corrected chi connectivity index (χ4v) is 9.33. The molecule has 274 valence electrons. The van der Waals surface area contributed by atoms with E-state index in [2.05, 4.69) is 230 Å². The molecule has 2 heteroatoms. The van der Waals surface area contributed by atoms with Crippen molar-refractivity contribution in [1.82, 2.24) is 0 Å². The van der Waals surface area contributed by atoms with E-state index in [1.165, 1.54) is 50.1 Å². The van der Waals surface area contributed by atoms with Crippen molar-refractivity contribution in [1.29, 1.82) is 0 Å². The van der Waals surface area contributed by atoms with Gasteiger partial charge in [0.25, 0.3) is 0 Å². The van der Waals surface area contributed by atoms with Crippen molar-refractivity contribution < 1.29 is 4.42 Å². The van der Waals surface area contributed by atoms with E-state index in [1.54, 1.807) is 0 Å². The molecular formula is C56H39NO. The second-order valence-corrected chi connectivity index (χ2v) is 15.4. The maximum atomic E-state index is 6.87. The minimum absolute atomic E-state index is 0.347. The fraction of sp³-hybridized carbons (Fsp3) is 0.0357. The summed E-state index contributed by atoms with van der Waals surface area (Å²) >= 11 is 0. The van der Waals surface area contributed by atoms with Crippen molar-refractivity contribution in [2.24, 2.45) is 0 Å². The van der Waals surface area contributed by atoms with Crippen LogP contribution in [0.15, 0.2) is 223 Å². The van der Waals surface area contributed by atoms with Gasteiger partial charge < -0.3 is 9.32 Å². The summed E-state index contributed by atoms with van der Waals surface area (Å²) in [5.74, 6) is 0. The number of benzene rings is 9. The van der Waals surface area contributed by atoms with Crippen LogP contribution in [-0.2, 0) is 5.41 Å². The largest absolute Gasteiger partial charge is 0.456 e. The van der Waals surface area contributed by atoms with Gasteiger partial charge in [-0.2, -0.15) is 0 Å². The van der Waals surface area contributed by atoms with E-state index >= 15 is 0 Å². The first-order chi connectivity index (χ1) is 28.6. The van der Waals surface area contributed by atoms with Gasteiger partial charge >= 0.3 is 0 Å². The van der Waals surface area contributed by atoms with Gasteiger partial charge in [-0.3, -0.25) is 0 Å². The average Bonchev–Trinajstić information content (AvgIpc) is 3.80. The van der Waals surface area contributed by atoms with Gasteiger partial charge in [-0.15, -0.1) is 0 Å². The number of hydrogen-bond donors (Lipinski definition) is 0. The molecule has 10 aromatic rings. The smallest absolute Gasteiger partial charge is 0.137 e. The van der Waals surface area contributed by atoms with E-state index in [9.17, 15) is 0 Å². The molecule has 0 fully saturated rings. The third kappa shape index (κ3) is 5.49. The van der Waals surface area contributed by atoms with Gasteiger partial charge in [-0.1, -0.05) is 164 Å². The van der Waals surface area contributed by atoms with Crippen LogP contribution in [0.2, 0.25) is 0 Å². The van der Waals surface area contributed by atoms with Crippen molar-refractivity contribution in [2.75, 3.05) is 4.90 Å². The summed E-state index contributed by atoms with van der Waals surface area (Å²) in [7, 11) is 0. The van der Waals surface area contributed by atoms with Crippen LogP contribution in [-0.4, -0.2) is 0 Å². The number of furan rings is 1.